The van der Waals surface area contributed by atoms with Gasteiger partial charge in [0.25, 0.3) is 0 Å². The number of aryl methyl sites for hydroxylation is 2. The first-order valence-corrected chi connectivity index (χ1v) is 4.36. The molecule has 0 fully saturated rings. The molecule has 1 atom stereocenters. The molecule has 0 saturated carbocycles. The predicted molar refractivity (Wildman–Crippen MR) is 46.6 cm³/mol. The summed E-state index contributed by atoms with van der Waals surface area (Å²) >= 11 is 0. The van der Waals surface area contributed by atoms with Gasteiger partial charge in [-0.25, -0.2) is 0 Å². The molecular formula is C9H12N2O2. The molecule has 0 saturated heterocycles. The Kier molecular flexibility index (Phi) is 1.65. The lowest BCUT2D eigenvalue weighted by atomic mass is 10.0. The van der Waals surface area contributed by atoms with Gasteiger partial charge in [0.2, 0.25) is 0 Å². The minimum absolute atomic E-state index is 0.330. The fourth-order valence-electron chi connectivity index (χ4n) is 2.00. The van der Waals surface area contributed by atoms with Gasteiger partial charge in [0.15, 0.2) is 0 Å². The molecule has 0 aromatic carbocycles. The zero-order valence-electron chi connectivity index (χ0n) is 7.74. The lowest BCUT2D eigenvalue weighted by Gasteiger charge is -2.04. The summed E-state index contributed by atoms with van der Waals surface area (Å²) < 4.78 is 1.76. The summed E-state index contributed by atoms with van der Waals surface area (Å²) in [6, 6.07) is 0. The van der Waals surface area contributed by atoms with Crippen molar-refractivity contribution in [2.45, 2.75) is 25.7 Å². The third-order valence-electron chi connectivity index (χ3n) is 2.77. The Labute approximate surface area is 76.2 Å². The van der Waals surface area contributed by atoms with E-state index in [1.165, 1.54) is 0 Å². The standard InChI is InChI=1S/C9H12N2O2/c1-5-8-6(9(12)13)3-4-7(8)10-11(5)2/h6H,3-4H2,1-2H3,(H,12,13). The maximum atomic E-state index is 10.9. The quantitative estimate of drug-likeness (QED) is 0.696. The number of fused-ring (bicyclic) bond motifs is 1. The molecule has 0 spiro atoms. The van der Waals surface area contributed by atoms with E-state index in [2.05, 4.69) is 5.10 Å². The van der Waals surface area contributed by atoms with E-state index in [4.69, 9.17) is 5.11 Å². The monoisotopic (exact) mass is 180 g/mol. The maximum Gasteiger partial charge on any atom is 0.311 e. The van der Waals surface area contributed by atoms with Crippen LogP contribution in [-0.4, -0.2) is 20.9 Å². The van der Waals surface area contributed by atoms with Gasteiger partial charge in [0.1, 0.15) is 0 Å². The van der Waals surface area contributed by atoms with Crippen molar-refractivity contribution < 1.29 is 9.90 Å². The van der Waals surface area contributed by atoms with Gasteiger partial charge < -0.3 is 5.11 Å². The van der Waals surface area contributed by atoms with E-state index < -0.39 is 5.97 Å². The first-order chi connectivity index (χ1) is 6.11. The third kappa shape index (κ3) is 1.05. The number of hydrogen-bond acceptors (Lipinski definition) is 2. The van der Waals surface area contributed by atoms with Crippen LogP contribution in [0.3, 0.4) is 0 Å². The Morgan fingerprint density at radius 3 is 3.00 bits per heavy atom. The summed E-state index contributed by atoms with van der Waals surface area (Å²) in [5.41, 5.74) is 2.89. The van der Waals surface area contributed by atoms with Crippen LogP contribution in [0.15, 0.2) is 0 Å². The maximum absolute atomic E-state index is 10.9. The van der Waals surface area contributed by atoms with Crippen LogP contribution in [0.4, 0.5) is 0 Å². The van der Waals surface area contributed by atoms with Crippen LogP contribution in [-0.2, 0) is 18.3 Å². The fourth-order valence-corrected chi connectivity index (χ4v) is 2.00. The van der Waals surface area contributed by atoms with E-state index in [1.807, 2.05) is 14.0 Å². The molecule has 2 rings (SSSR count). The van der Waals surface area contributed by atoms with Crippen molar-refractivity contribution in [1.29, 1.82) is 0 Å². The number of nitrogens with zero attached hydrogens (tertiary/aromatic N) is 2. The first kappa shape index (κ1) is 8.29. The van der Waals surface area contributed by atoms with Gasteiger partial charge in [0, 0.05) is 18.3 Å². The fraction of sp³-hybridized carbons (Fsp3) is 0.556. The Morgan fingerprint density at radius 1 is 1.69 bits per heavy atom. The van der Waals surface area contributed by atoms with Crippen molar-refractivity contribution >= 4 is 5.97 Å². The van der Waals surface area contributed by atoms with Gasteiger partial charge in [-0.05, 0) is 19.8 Å². The largest absolute Gasteiger partial charge is 0.481 e. The van der Waals surface area contributed by atoms with E-state index in [1.54, 1.807) is 4.68 Å². The summed E-state index contributed by atoms with van der Waals surface area (Å²) in [5.74, 6) is -1.06. The molecule has 1 aliphatic carbocycles. The highest BCUT2D eigenvalue weighted by Gasteiger charge is 2.32. The molecule has 70 valence electrons. The summed E-state index contributed by atoms with van der Waals surface area (Å²) in [5, 5.41) is 13.2. The summed E-state index contributed by atoms with van der Waals surface area (Å²) in [6.07, 6.45) is 1.50. The molecule has 4 nitrogen and oxygen atoms in total. The van der Waals surface area contributed by atoms with Crippen LogP contribution >= 0.6 is 0 Å². The van der Waals surface area contributed by atoms with Gasteiger partial charge >= 0.3 is 5.97 Å². The number of hydrogen-bond donors (Lipinski definition) is 1. The molecule has 0 bridgehead atoms. The van der Waals surface area contributed by atoms with Gasteiger partial charge in [-0.1, -0.05) is 0 Å². The van der Waals surface area contributed by atoms with E-state index >= 15 is 0 Å². The first-order valence-electron chi connectivity index (χ1n) is 4.36. The normalized spacial score (nSPS) is 20.3. The summed E-state index contributed by atoms with van der Waals surface area (Å²) in [4.78, 5) is 10.9. The second-order valence-electron chi connectivity index (χ2n) is 3.50. The van der Waals surface area contributed by atoms with Crippen LogP contribution in [0.2, 0.25) is 0 Å². The second-order valence-corrected chi connectivity index (χ2v) is 3.50. The molecule has 1 aromatic rings. The number of aromatic nitrogens is 2. The van der Waals surface area contributed by atoms with Crippen LogP contribution in [0, 0.1) is 6.92 Å². The van der Waals surface area contributed by atoms with E-state index in [0.717, 1.165) is 23.4 Å². The van der Waals surface area contributed by atoms with Crippen molar-refractivity contribution in [2.75, 3.05) is 0 Å². The van der Waals surface area contributed by atoms with Crippen LogP contribution in [0.1, 0.15) is 29.3 Å². The SMILES string of the molecule is Cc1c2c(nn1C)CCC2C(=O)O. The van der Waals surface area contributed by atoms with Crippen molar-refractivity contribution in [1.82, 2.24) is 9.78 Å². The lowest BCUT2D eigenvalue weighted by molar-refractivity contribution is -0.138. The van der Waals surface area contributed by atoms with Crippen LogP contribution < -0.4 is 0 Å². The molecule has 1 N–H and O–H groups in total. The molecule has 1 heterocycles. The van der Waals surface area contributed by atoms with Crippen LogP contribution in [0.5, 0.6) is 0 Å². The highest BCUT2D eigenvalue weighted by Crippen LogP contribution is 2.34. The molecule has 1 aliphatic rings. The van der Waals surface area contributed by atoms with Gasteiger partial charge in [-0.2, -0.15) is 5.10 Å². The molecule has 1 aromatic heterocycles. The number of rotatable bonds is 1. The average molecular weight is 180 g/mol. The molecule has 1 unspecified atom stereocenters. The Balaban J connectivity index is 2.51. The van der Waals surface area contributed by atoms with Gasteiger partial charge in [-0.15, -0.1) is 0 Å². The number of carbonyl (C=O) groups is 1. The zero-order chi connectivity index (χ0) is 9.59. The second kappa shape index (κ2) is 2.58. The summed E-state index contributed by atoms with van der Waals surface area (Å²) in [6.45, 7) is 1.92. The molecule has 4 heteroatoms. The van der Waals surface area contributed by atoms with Gasteiger partial charge in [0.05, 0.1) is 11.6 Å². The minimum atomic E-state index is -0.727. The van der Waals surface area contributed by atoms with Crippen LogP contribution in [0.25, 0.3) is 0 Å². The zero-order valence-corrected chi connectivity index (χ0v) is 7.74. The van der Waals surface area contributed by atoms with Crippen molar-refractivity contribution in [3.63, 3.8) is 0 Å². The molecule has 13 heavy (non-hydrogen) atoms. The predicted octanol–water partition coefficient (Wildman–Crippen LogP) is 0.843. The topological polar surface area (TPSA) is 55.1 Å². The van der Waals surface area contributed by atoms with Gasteiger partial charge in [-0.3, -0.25) is 9.48 Å². The minimum Gasteiger partial charge on any atom is -0.481 e. The molecule has 0 radical (unpaired) electrons. The third-order valence-corrected chi connectivity index (χ3v) is 2.77. The van der Waals surface area contributed by atoms with E-state index in [0.29, 0.717) is 6.42 Å². The smallest absolute Gasteiger partial charge is 0.311 e. The molecule has 0 aliphatic heterocycles. The Morgan fingerprint density at radius 2 is 2.38 bits per heavy atom. The number of carboxylic acid groups (broad SMARTS) is 1. The Hall–Kier alpha value is -1.32. The highest BCUT2D eigenvalue weighted by molar-refractivity contribution is 5.78. The number of carboxylic acids is 1. The van der Waals surface area contributed by atoms with Crippen molar-refractivity contribution in [3.05, 3.63) is 17.0 Å². The highest BCUT2D eigenvalue weighted by atomic mass is 16.4. The van der Waals surface area contributed by atoms with Crippen molar-refractivity contribution in [2.24, 2.45) is 7.05 Å². The molecule has 0 amide bonds. The Bertz CT molecular complexity index is 368. The van der Waals surface area contributed by atoms with Crippen molar-refractivity contribution in [3.8, 4) is 0 Å². The average Bonchev–Trinajstić information content (AvgIpc) is 2.55. The van der Waals surface area contributed by atoms with E-state index in [-0.39, 0.29) is 5.92 Å². The summed E-state index contributed by atoms with van der Waals surface area (Å²) in [7, 11) is 1.85. The van der Waals surface area contributed by atoms with E-state index in [9.17, 15) is 4.79 Å². The molecular weight excluding hydrogens is 168 g/mol. The number of aliphatic carboxylic acids is 1. The lowest BCUT2D eigenvalue weighted by Crippen LogP contribution is -2.09.